The Balaban J connectivity index is 2.62. The quantitative estimate of drug-likeness (QED) is 0.588. The summed E-state index contributed by atoms with van der Waals surface area (Å²) in [5.74, 6) is -3.02. The Hall–Kier alpha value is -1.06. The molecule has 0 unspecified atom stereocenters. The summed E-state index contributed by atoms with van der Waals surface area (Å²) in [7, 11) is 0. The average molecular weight is 326 g/mol. The molecule has 0 aromatic rings. The van der Waals surface area contributed by atoms with Gasteiger partial charge in [0.2, 0.25) is 0 Å². The number of carbonyl (C=O) groups is 1. The Bertz CT molecular complexity index is 344. The standard InChI is InChI=1S/C11H13F7O3/c12-9(10(13,14)15,11(16,17)18)8(19)21-6-3-7-1-4-20-5-2-7/h7H,1-6H2. The molecule has 0 N–H and O–H groups in total. The van der Waals surface area contributed by atoms with Crippen LogP contribution in [0, 0.1) is 5.92 Å². The molecule has 0 aliphatic carbocycles. The van der Waals surface area contributed by atoms with Gasteiger partial charge in [-0.3, -0.25) is 0 Å². The third-order valence-electron chi connectivity index (χ3n) is 3.16. The molecule has 0 radical (unpaired) electrons. The van der Waals surface area contributed by atoms with Gasteiger partial charge >= 0.3 is 24.0 Å². The van der Waals surface area contributed by atoms with E-state index in [1.807, 2.05) is 0 Å². The molecule has 0 aromatic carbocycles. The predicted molar refractivity (Wildman–Crippen MR) is 55.1 cm³/mol. The van der Waals surface area contributed by atoms with Crippen LogP contribution in [0.4, 0.5) is 30.7 Å². The van der Waals surface area contributed by atoms with Gasteiger partial charge in [0.1, 0.15) is 0 Å². The maximum absolute atomic E-state index is 13.2. The number of carbonyl (C=O) groups excluding carboxylic acids is 1. The van der Waals surface area contributed by atoms with Crippen LogP contribution in [0.1, 0.15) is 19.3 Å². The largest absolute Gasteiger partial charge is 0.463 e. The summed E-state index contributed by atoms with van der Waals surface area (Å²) in [6.45, 7) is 0.120. The molecule has 0 aromatic heterocycles. The molecule has 3 nitrogen and oxygen atoms in total. The maximum Gasteiger partial charge on any atom is 0.442 e. The van der Waals surface area contributed by atoms with Crippen molar-refractivity contribution in [2.75, 3.05) is 19.8 Å². The molecule has 21 heavy (non-hydrogen) atoms. The molecule has 10 heteroatoms. The van der Waals surface area contributed by atoms with Crippen LogP contribution in [-0.2, 0) is 14.3 Å². The summed E-state index contributed by atoms with van der Waals surface area (Å²) in [5, 5.41) is 0. The van der Waals surface area contributed by atoms with Crippen LogP contribution in [0.15, 0.2) is 0 Å². The summed E-state index contributed by atoms with van der Waals surface area (Å²) < 4.78 is 95.4. The second-order valence-electron chi connectivity index (χ2n) is 4.63. The van der Waals surface area contributed by atoms with Crippen molar-refractivity contribution in [1.82, 2.24) is 0 Å². The lowest BCUT2D eigenvalue weighted by atomic mass is 9.97. The lowest BCUT2D eigenvalue weighted by Crippen LogP contribution is -2.59. The fourth-order valence-corrected chi connectivity index (χ4v) is 1.84. The van der Waals surface area contributed by atoms with E-state index in [4.69, 9.17) is 4.74 Å². The Labute approximate surface area is 115 Å². The minimum absolute atomic E-state index is 0.0441. The van der Waals surface area contributed by atoms with E-state index in [2.05, 4.69) is 4.74 Å². The number of hydrogen-bond acceptors (Lipinski definition) is 3. The Morgan fingerprint density at radius 3 is 1.90 bits per heavy atom. The van der Waals surface area contributed by atoms with E-state index in [-0.39, 0.29) is 12.3 Å². The zero-order valence-electron chi connectivity index (χ0n) is 10.7. The second-order valence-corrected chi connectivity index (χ2v) is 4.63. The van der Waals surface area contributed by atoms with E-state index in [0.717, 1.165) is 0 Å². The van der Waals surface area contributed by atoms with Gasteiger partial charge in [-0.1, -0.05) is 0 Å². The Morgan fingerprint density at radius 2 is 1.48 bits per heavy atom. The van der Waals surface area contributed by atoms with E-state index >= 15 is 0 Å². The molecule has 0 spiro atoms. The number of ether oxygens (including phenoxy) is 2. The molecule has 1 rings (SSSR count). The molecule has 1 heterocycles. The van der Waals surface area contributed by atoms with Gasteiger partial charge in [0.25, 0.3) is 0 Å². The van der Waals surface area contributed by atoms with Gasteiger partial charge in [0, 0.05) is 13.2 Å². The van der Waals surface area contributed by atoms with Crippen LogP contribution in [0.5, 0.6) is 0 Å². The lowest BCUT2D eigenvalue weighted by Gasteiger charge is -2.28. The summed E-state index contributed by atoms with van der Waals surface area (Å²) in [6, 6.07) is 0. The van der Waals surface area contributed by atoms with Crippen LogP contribution in [0.3, 0.4) is 0 Å². The Kier molecular flexibility index (Phi) is 5.46. The lowest BCUT2D eigenvalue weighted by molar-refractivity contribution is -0.332. The predicted octanol–water partition coefficient (Wildman–Crippen LogP) is 3.18. The number of hydrogen-bond donors (Lipinski definition) is 0. The highest BCUT2D eigenvalue weighted by Crippen LogP contribution is 2.47. The average Bonchev–Trinajstić information content (AvgIpc) is 2.36. The van der Waals surface area contributed by atoms with Crippen molar-refractivity contribution in [3.05, 3.63) is 0 Å². The first-order valence-corrected chi connectivity index (χ1v) is 6.07. The molecule has 0 amide bonds. The minimum Gasteiger partial charge on any atom is -0.463 e. The number of rotatable bonds is 4. The third-order valence-corrected chi connectivity index (χ3v) is 3.16. The molecular weight excluding hydrogens is 313 g/mol. The molecule has 1 aliphatic heterocycles. The van der Waals surface area contributed by atoms with Crippen molar-refractivity contribution in [2.24, 2.45) is 5.92 Å². The third kappa shape index (κ3) is 3.98. The van der Waals surface area contributed by atoms with Crippen LogP contribution >= 0.6 is 0 Å². The van der Waals surface area contributed by atoms with Gasteiger partial charge in [-0.25, -0.2) is 9.18 Å². The minimum atomic E-state index is -6.43. The van der Waals surface area contributed by atoms with Gasteiger partial charge in [0.15, 0.2) is 0 Å². The molecule has 124 valence electrons. The molecule has 1 saturated heterocycles. The fourth-order valence-electron chi connectivity index (χ4n) is 1.84. The Morgan fingerprint density at radius 1 is 1.00 bits per heavy atom. The van der Waals surface area contributed by atoms with E-state index < -0.39 is 30.6 Å². The summed E-state index contributed by atoms with van der Waals surface area (Å²) in [4.78, 5) is 10.9. The summed E-state index contributed by atoms with van der Waals surface area (Å²) in [5.41, 5.74) is -6.00. The highest BCUT2D eigenvalue weighted by molar-refractivity contribution is 5.81. The summed E-state index contributed by atoms with van der Waals surface area (Å²) in [6.07, 6.45) is -11.7. The van der Waals surface area contributed by atoms with E-state index in [1.165, 1.54) is 0 Å². The first kappa shape index (κ1) is 18.0. The number of esters is 1. The van der Waals surface area contributed by atoms with Crippen molar-refractivity contribution in [3.8, 4) is 0 Å². The van der Waals surface area contributed by atoms with Gasteiger partial charge in [0.05, 0.1) is 6.61 Å². The van der Waals surface area contributed by atoms with E-state index in [9.17, 15) is 35.5 Å². The SMILES string of the molecule is O=C(OCCC1CCOCC1)C(F)(C(F)(F)F)C(F)(F)F. The summed E-state index contributed by atoms with van der Waals surface area (Å²) >= 11 is 0. The number of halogens is 7. The molecule has 1 aliphatic rings. The molecule has 0 bridgehead atoms. The van der Waals surface area contributed by atoms with Crippen molar-refractivity contribution in [1.29, 1.82) is 0 Å². The zero-order valence-corrected chi connectivity index (χ0v) is 10.7. The van der Waals surface area contributed by atoms with Crippen molar-refractivity contribution in [2.45, 2.75) is 37.3 Å². The van der Waals surface area contributed by atoms with Gasteiger partial charge < -0.3 is 9.47 Å². The van der Waals surface area contributed by atoms with Crippen molar-refractivity contribution in [3.63, 3.8) is 0 Å². The molecular formula is C11H13F7O3. The molecule has 0 saturated carbocycles. The highest BCUT2D eigenvalue weighted by Gasteiger charge is 2.78. The van der Waals surface area contributed by atoms with Gasteiger partial charge in [-0.05, 0) is 25.2 Å². The first-order chi connectivity index (χ1) is 9.50. The van der Waals surface area contributed by atoms with Crippen LogP contribution in [0.25, 0.3) is 0 Å². The van der Waals surface area contributed by atoms with Crippen LogP contribution in [0.2, 0.25) is 0 Å². The molecule has 0 atom stereocenters. The van der Waals surface area contributed by atoms with Crippen LogP contribution < -0.4 is 0 Å². The van der Waals surface area contributed by atoms with Crippen LogP contribution in [-0.4, -0.2) is 43.8 Å². The van der Waals surface area contributed by atoms with Crippen molar-refractivity contribution < 1.29 is 45.0 Å². The topological polar surface area (TPSA) is 35.5 Å². The second kappa shape index (κ2) is 6.37. The fraction of sp³-hybridized carbons (Fsp3) is 0.909. The maximum atomic E-state index is 13.2. The van der Waals surface area contributed by atoms with E-state index in [1.54, 1.807) is 0 Å². The highest BCUT2D eigenvalue weighted by atomic mass is 19.4. The normalized spacial score (nSPS) is 18.6. The van der Waals surface area contributed by atoms with Crippen molar-refractivity contribution >= 4 is 5.97 Å². The smallest absolute Gasteiger partial charge is 0.442 e. The number of alkyl halides is 7. The van der Waals surface area contributed by atoms with Gasteiger partial charge in [-0.2, -0.15) is 26.3 Å². The van der Waals surface area contributed by atoms with Gasteiger partial charge in [-0.15, -0.1) is 0 Å². The van der Waals surface area contributed by atoms with E-state index in [0.29, 0.717) is 26.1 Å². The first-order valence-electron chi connectivity index (χ1n) is 6.07. The molecule has 1 fully saturated rings. The zero-order chi connectivity index (χ0) is 16.3. The monoisotopic (exact) mass is 326 g/mol.